The van der Waals surface area contributed by atoms with Gasteiger partial charge in [-0.3, -0.25) is 0 Å². The molecule has 2 rings (SSSR count). The van der Waals surface area contributed by atoms with Crippen molar-refractivity contribution < 1.29 is 9.13 Å². The van der Waals surface area contributed by atoms with Gasteiger partial charge >= 0.3 is 0 Å². The maximum absolute atomic E-state index is 13.9. The van der Waals surface area contributed by atoms with Crippen molar-refractivity contribution in [3.63, 3.8) is 0 Å². The molecule has 0 atom stereocenters. The summed E-state index contributed by atoms with van der Waals surface area (Å²) in [6, 6.07) is 7.03. The first-order valence-electron chi connectivity index (χ1n) is 5.33. The van der Waals surface area contributed by atoms with Gasteiger partial charge in [-0.15, -0.1) is 0 Å². The van der Waals surface area contributed by atoms with Crippen LogP contribution < -0.4 is 10.5 Å². The molecule has 0 aliphatic carbocycles. The van der Waals surface area contributed by atoms with E-state index in [9.17, 15) is 4.39 Å². The summed E-state index contributed by atoms with van der Waals surface area (Å²) < 4.78 is 20.2. The van der Waals surface area contributed by atoms with Crippen molar-refractivity contribution in [2.45, 2.75) is 6.42 Å². The number of nitrogens with zero attached hydrogens (tertiary/aromatic N) is 2. The van der Waals surface area contributed by atoms with Crippen molar-refractivity contribution in [2.24, 2.45) is 5.73 Å². The molecule has 1 aromatic carbocycles. The number of rotatable bonds is 4. The Labute approximate surface area is 98.8 Å². The Morgan fingerprint density at radius 3 is 2.65 bits per heavy atom. The minimum atomic E-state index is -0.361. The summed E-state index contributed by atoms with van der Waals surface area (Å²) >= 11 is 0. The predicted molar refractivity (Wildman–Crippen MR) is 62.8 cm³/mol. The highest BCUT2D eigenvalue weighted by Crippen LogP contribution is 2.17. The van der Waals surface area contributed by atoms with Crippen LogP contribution in [0.15, 0.2) is 30.5 Å². The average molecular weight is 235 g/mol. The SMILES string of the molecule is COc1ccc(-n2ncc(CCN)c2F)cc1. The van der Waals surface area contributed by atoms with E-state index in [0.717, 1.165) is 5.75 Å². The van der Waals surface area contributed by atoms with Gasteiger partial charge in [-0.1, -0.05) is 0 Å². The second kappa shape index (κ2) is 4.97. The maximum atomic E-state index is 13.9. The number of aromatic nitrogens is 2. The Balaban J connectivity index is 2.32. The van der Waals surface area contributed by atoms with Crippen LogP contribution in [0.4, 0.5) is 4.39 Å². The van der Waals surface area contributed by atoms with E-state index in [0.29, 0.717) is 24.2 Å². The lowest BCUT2D eigenvalue weighted by atomic mass is 10.2. The molecule has 1 heterocycles. The number of hydrogen-bond donors (Lipinski definition) is 1. The third-order valence-electron chi connectivity index (χ3n) is 2.51. The van der Waals surface area contributed by atoms with Crippen LogP contribution in [0.2, 0.25) is 0 Å². The van der Waals surface area contributed by atoms with Gasteiger partial charge in [-0.25, -0.2) is 4.68 Å². The zero-order valence-corrected chi connectivity index (χ0v) is 9.56. The number of nitrogens with two attached hydrogens (primary N) is 1. The fourth-order valence-electron chi connectivity index (χ4n) is 1.59. The summed E-state index contributed by atoms with van der Waals surface area (Å²) in [6.45, 7) is 0.408. The van der Waals surface area contributed by atoms with Crippen molar-refractivity contribution in [1.82, 2.24) is 9.78 Å². The number of hydrogen-bond acceptors (Lipinski definition) is 3. The van der Waals surface area contributed by atoms with E-state index < -0.39 is 0 Å². The van der Waals surface area contributed by atoms with Gasteiger partial charge in [0, 0.05) is 5.56 Å². The Bertz CT molecular complexity index is 493. The molecule has 4 nitrogen and oxygen atoms in total. The quantitative estimate of drug-likeness (QED) is 0.874. The van der Waals surface area contributed by atoms with Crippen LogP contribution in [-0.2, 0) is 6.42 Å². The molecule has 0 spiro atoms. The third-order valence-corrected chi connectivity index (χ3v) is 2.51. The summed E-state index contributed by atoms with van der Waals surface area (Å²) in [6.07, 6.45) is 1.99. The largest absolute Gasteiger partial charge is 0.497 e. The van der Waals surface area contributed by atoms with Gasteiger partial charge < -0.3 is 10.5 Å². The van der Waals surface area contributed by atoms with Gasteiger partial charge in [0.2, 0.25) is 5.95 Å². The minimum absolute atomic E-state index is 0.361. The van der Waals surface area contributed by atoms with E-state index in [4.69, 9.17) is 10.5 Å². The summed E-state index contributed by atoms with van der Waals surface area (Å²) in [5, 5.41) is 4.01. The molecule has 0 amide bonds. The van der Waals surface area contributed by atoms with Gasteiger partial charge in [0.05, 0.1) is 19.0 Å². The molecule has 1 aromatic heterocycles. The normalized spacial score (nSPS) is 10.5. The Kier molecular flexibility index (Phi) is 3.39. The minimum Gasteiger partial charge on any atom is -0.497 e. The molecule has 0 bridgehead atoms. The van der Waals surface area contributed by atoms with Gasteiger partial charge in [0.25, 0.3) is 0 Å². The molecule has 90 valence electrons. The third kappa shape index (κ3) is 2.29. The predicted octanol–water partition coefficient (Wildman–Crippen LogP) is 1.52. The molecule has 0 radical (unpaired) electrons. The van der Waals surface area contributed by atoms with E-state index in [1.807, 2.05) is 0 Å². The van der Waals surface area contributed by atoms with Crippen molar-refractivity contribution in [3.05, 3.63) is 42.0 Å². The molecule has 5 heteroatoms. The first-order chi connectivity index (χ1) is 8.26. The highest BCUT2D eigenvalue weighted by atomic mass is 19.1. The summed E-state index contributed by atoms with van der Waals surface area (Å²) in [5.74, 6) is 0.365. The monoisotopic (exact) mass is 235 g/mol. The van der Waals surface area contributed by atoms with Gasteiger partial charge in [-0.2, -0.15) is 9.49 Å². The fourth-order valence-corrected chi connectivity index (χ4v) is 1.59. The molecular weight excluding hydrogens is 221 g/mol. The molecule has 2 N–H and O–H groups in total. The lowest BCUT2D eigenvalue weighted by Crippen LogP contribution is -2.05. The standard InChI is InChI=1S/C12H14FN3O/c1-17-11-4-2-10(3-5-11)16-12(13)9(6-7-14)8-15-16/h2-5,8H,6-7,14H2,1H3. The number of halogens is 1. The first kappa shape index (κ1) is 11.6. The highest BCUT2D eigenvalue weighted by molar-refractivity contribution is 5.37. The second-order valence-electron chi connectivity index (χ2n) is 3.61. The molecule has 0 fully saturated rings. The van der Waals surface area contributed by atoms with Crippen molar-refractivity contribution in [1.29, 1.82) is 0 Å². The molecule has 17 heavy (non-hydrogen) atoms. The van der Waals surface area contributed by atoms with E-state index >= 15 is 0 Å². The maximum Gasteiger partial charge on any atom is 0.219 e. The molecule has 0 aliphatic heterocycles. The number of ether oxygens (including phenoxy) is 1. The Hall–Kier alpha value is -1.88. The second-order valence-corrected chi connectivity index (χ2v) is 3.61. The molecule has 2 aromatic rings. The average Bonchev–Trinajstić information content (AvgIpc) is 2.72. The molecule has 0 aliphatic rings. The van der Waals surface area contributed by atoms with E-state index in [2.05, 4.69) is 5.10 Å². The summed E-state index contributed by atoms with van der Waals surface area (Å²) in [7, 11) is 1.59. The fraction of sp³-hybridized carbons (Fsp3) is 0.250. The Morgan fingerprint density at radius 2 is 2.06 bits per heavy atom. The van der Waals surface area contributed by atoms with Crippen LogP contribution in [0, 0.1) is 5.95 Å². The van der Waals surface area contributed by atoms with Crippen molar-refractivity contribution >= 4 is 0 Å². The lowest BCUT2D eigenvalue weighted by Gasteiger charge is -2.04. The van der Waals surface area contributed by atoms with Crippen LogP contribution in [0.25, 0.3) is 5.69 Å². The van der Waals surface area contributed by atoms with Crippen LogP contribution in [-0.4, -0.2) is 23.4 Å². The lowest BCUT2D eigenvalue weighted by molar-refractivity contribution is 0.414. The van der Waals surface area contributed by atoms with E-state index in [1.54, 1.807) is 31.4 Å². The topological polar surface area (TPSA) is 53.1 Å². The molecule has 0 unspecified atom stereocenters. The zero-order valence-electron chi connectivity index (χ0n) is 9.56. The van der Waals surface area contributed by atoms with Gasteiger partial charge in [-0.05, 0) is 37.2 Å². The van der Waals surface area contributed by atoms with E-state index in [-0.39, 0.29) is 5.95 Å². The van der Waals surface area contributed by atoms with Gasteiger partial charge in [0.1, 0.15) is 5.75 Å². The van der Waals surface area contributed by atoms with Crippen LogP contribution >= 0.6 is 0 Å². The molecular formula is C12H14FN3O. The van der Waals surface area contributed by atoms with Crippen LogP contribution in [0.5, 0.6) is 5.75 Å². The van der Waals surface area contributed by atoms with Crippen molar-refractivity contribution in [2.75, 3.05) is 13.7 Å². The summed E-state index contributed by atoms with van der Waals surface area (Å²) in [5.41, 5.74) is 6.58. The summed E-state index contributed by atoms with van der Waals surface area (Å²) in [4.78, 5) is 0. The highest BCUT2D eigenvalue weighted by Gasteiger charge is 2.10. The zero-order chi connectivity index (χ0) is 12.3. The molecule has 0 saturated carbocycles. The molecule has 0 saturated heterocycles. The number of methoxy groups -OCH3 is 1. The number of benzene rings is 1. The first-order valence-corrected chi connectivity index (χ1v) is 5.33. The Morgan fingerprint density at radius 1 is 1.35 bits per heavy atom. The van der Waals surface area contributed by atoms with Crippen LogP contribution in [0.1, 0.15) is 5.56 Å². The van der Waals surface area contributed by atoms with Crippen molar-refractivity contribution in [3.8, 4) is 11.4 Å². The smallest absolute Gasteiger partial charge is 0.219 e. The van der Waals surface area contributed by atoms with E-state index in [1.165, 1.54) is 10.9 Å². The van der Waals surface area contributed by atoms with Gasteiger partial charge in [0.15, 0.2) is 0 Å². The van der Waals surface area contributed by atoms with Crippen LogP contribution in [0.3, 0.4) is 0 Å².